The molecule has 0 heterocycles. The van der Waals surface area contributed by atoms with Crippen LogP contribution < -0.4 is 5.73 Å². The monoisotopic (exact) mass is 246 g/mol. The number of aliphatic imine (C=N–C) groups is 1. The Balaban J connectivity index is 0.00000162. The van der Waals surface area contributed by atoms with Crippen molar-refractivity contribution < 1.29 is 5.48 Å². The quantitative estimate of drug-likeness (QED) is 0.645. The Morgan fingerprint density at radius 3 is 2.67 bits per heavy atom. The fourth-order valence-electron chi connectivity index (χ4n) is 2.89. The van der Waals surface area contributed by atoms with Gasteiger partial charge in [0.1, 0.15) is 5.84 Å². The second kappa shape index (κ2) is 5.36. The van der Waals surface area contributed by atoms with Crippen LogP contribution in [0.25, 0.3) is 0 Å². The van der Waals surface area contributed by atoms with E-state index in [4.69, 9.17) is 5.73 Å². The summed E-state index contributed by atoms with van der Waals surface area (Å²) in [6.45, 7) is 8.01. The van der Waals surface area contributed by atoms with Gasteiger partial charge in [0.25, 0.3) is 0 Å². The number of benzene rings is 1. The highest BCUT2D eigenvalue weighted by molar-refractivity contribution is 5.93. The van der Waals surface area contributed by atoms with Crippen LogP contribution in [0.1, 0.15) is 30.9 Å². The second-order valence-electron chi connectivity index (χ2n) is 5.16. The highest BCUT2D eigenvalue weighted by Gasteiger charge is 2.46. The van der Waals surface area contributed by atoms with Crippen LogP contribution in [0.5, 0.6) is 0 Å². The van der Waals surface area contributed by atoms with E-state index >= 15 is 0 Å². The van der Waals surface area contributed by atoms with Gasteiger partial charge >= 0.3 is 0 Å². The van der Waals surface area contributed by atoms with Gasteiger partial charge in [-0.2, -0.15) is 0 Å². The van der Waals surface area contributed by atoms with Gasteiger partial charge in [0.2, 0.25) is 0 Å². The zero-order chi connectivity index (χ0) is 12.5. The lowest BCUT2D eigenvalue weighted by atomic mass is 9.58. The third-order valence-electron chi connectivity index (χ3n) is 3.69. The molecule has 0 aliphatic heterocycles. The molecular formula is C15H22N2O. The predicted molar refractivity (Wildman–Crippen MR) is 76.7 cm³/mol. The van der Waals surface area contributed by atoms with Gasteiger partial charge in [0.15, 0.2) is 0 Å². The number of rotatable bonds is 3. The molecule has 0 amide bonds. The average molecular weight is 246 g/mol. The average Bonchev–Trinajstić information content (AvgIpc) is 2.24. The van der Waals surface area contributed by atoms with Crippen molar-refractivity contribution >= 4 is 5.84 Å². The molecule has 0 saturated heterocycles. The molecule has 1 aromatic carbocycles. The van der Waals surface area contributed by atoms with E-state index in [0.29, 0.717) is 11.8 Å². The lowest BCUT2D eigenvalue weighted by Crippen LogP contribution is -2.50. The summed E-state index contributed by atoms with van der Waals surface area (Å²) in [5.74, 6) is 1.42. The summed E-state index contributed by atoms with van der Waals surface area (Å²) >= 11 is 0. The van der Waals surface area contributed by atoms with Gasteiger partial charge in [-0.1, -0.05) is 43.3 Å². The number of amidine groups is 1. The van der Waals surface area contributed by atoms with Crippen molar-refractivity contribution in [2.75, 3.05) is 0 Å². The number of nitrogens with zero attached hydrogens (tertiary/aromatic N) is 1. The van der Waals surface area contributed by atoms with E-state index in [9.17, 15) is 0 Å². The van der Waals surface area contributed by atoms with Gasteiger partial charge in [-0.15, -0.1) is 0 Å². The maximum atomic E-state index is 6.15. The van der Waals surface area contributed by atoms with Crippen LogP contribution in [-0.2, 0) is 5.41 Å². The molecule has 3 nitrogen and oxygen atoms in total. The number of nitrogens with two attached hydrogens (primary N) is 1. The van der Waals surface area contributed by atoms with Crippen molar-refractivity contribution in [1.29, 1.82) is 0 Å². The lowest BCUT2D eigenvalue weighted by molar-refractivity contribution is 0.228. The molecular weight excluding hydrogens is 224 g/mol. The standard InChI is InChI=1S/C15H20N2.H2O/c1-4-17-14(16)15(9-12(3)10-15)13-7-5-6-11(2)8-13;/h4-8,12H,1,9-10H2,2-3H3,(H2,16,17);1H2. The van der Waals surface area contributed by atoms with Gasteiger partial charge in [-0.05, 0) is 31.2 Å². The molecule has 4 N–H and O–H groups in total. The predicted octanol–water partition coefficient (Wildman–Crippen LogP) is 2.34. The van der Waals surface area contributed by atoms with E-state index in [1.807, 2.05) is 0 Å². The van der Waals surface area contributed by atoms with Gasteiger partial charge in [-0.25, -0.2) is 4.99 Å². The zero-order valence-corrected chi connectivity index (χ0v) is 11.1. The Morgan fingerprint density at radius 1 is 1.50 bits per heavy atom. The topological polar surface area (TPSA) is 69.9 Å². The van der Waals surface area contributed by atoms with Gasteiger partial charge in [0.05, 0.1) is 5.41 Å². The van der Waals surface area contributed by atoms with Crippen LogP contribution in [0.2, 0.25) is 0 Å². The maximum absolute atomic E-state index is 6.15. The van der Waals surface area contributed by atoms with Gasteiger partial charge < -0.3 is 11.2 Å². The lowest BCUT2D eigenvalue weighted by Gasteiger charge is -2.46. The molecule has 1 saturated carbocycles. The van der Waals surface area contributed by atoms with Crippen molar-refractivity contribution in [3.05, 3.63) is 48.2 Å². The van der Waals surface area contributed by atoms with E-state index in [0.717, 1.165) is 12.8 Å². The molecule has 2 rings (SSSR count). The Hall–Kier alpha value is -1.61. The fourth-order valence-corrected chi connectivity index (χ4v) is 2.89. The Kier molecular flexibility index (Phi) is 4.30. The summed E-state index contributed by atoms with van der Waals surface area (Å²) in [5, 5.41) is 0. The molecule has 1 aliphatic rings. The minimum absolute atomic E-state index is 0. The molecule has 98 valence electrons. The molecule has 1 fully saturated rings. The third kappa shape index (κ3) is 2.31. The van der Waals surface area contributed by atoms with Crippen LogP contribution in [0.3, 0.4) is 0 Å². The summed E-state index contributed by atoms with van der Waals surface area (Å²) in [6, 6.07) is 8.58. The summed E-state index contributed by atoms with van der Waals surface area (Å²) in [6.07, 6.45) is 3.70. The first-order valence-electron chi connectivity index (χ1n) is 6.10. The highest BCUT2D eigenvalue weighted by atomic mass is 16.0. The van der Waals surface area contributed by atoms with Crippen molar-refractivity contribution in [2.45, 2.75) is 32.1 Å². The number of aryl methyl sites for hydroxylation is 1. The first kappa shape index (κ1) is 14.5. The Morgan fingerprint density at radius 2 is 2.17 bits per heavy atom. The van der Waals surface area contributed by atoms with Crippen LogP contribution in [0.4, 0.5) is 0 Å². The first-order chi connectivity index (χ1) is 8.08. The molecule has 0 bridgehead atoms. The largest absolute Gasteiger partial charge is 0.412 e. The maximum Gasteiger partial charge on any atom is 0.110 e. The van der Waals surface area contributed by atoms with Gasteiger partial charge in [0, 0.05) is 6.20 Å². The molecule has 3 heteroatoms. The van der Waals surface area contributed by atoms with E-state index < -0.39 is 0 Å². The van der Waals surface area contributed by atoms with Crippen molar-refractivity contribution in [2.24, 2.45) is 16.6 Å². The SMILES string of the molecule is C=CN=C(N)C1(c2cccc(C)c2)CC(C)C1.O. The van der Waals surface area contributed by atoms with Crippen LogP contribution in [0, 0.1) is 12.8 Å². The van der Waals surface area contributed by atoms with Crippen LogP contribution >= 0.6 is 0 Å². The van der Waals surface area contributed by atoms with Crippen LogP contribution in [0.15, 0.2) is 42.0 Å². The minimum atomic E-state index is -0.0559. The summed E-state index contributed by atoms with van der Waals surface area (Å²) < 4.78 is 0. The Bertz CT molecular complexity index is 459. The van der Waals surface area contributed by atoms with Crippen LogP contribution in [-0.4, -0.2) is 11.3 Å². The summed E-state index contributed by atoms with van der Waals surface area (Å²) in [5.41, 5.74) is 8.65. The van der Waals surface area contributed by atoms with E-state index in [1.54, 1.807) is 0 Å². The summed E-state index contributed by atoms with van der Waals surface area (Å²) in [4.78, 5) is 4.22. The van der Waals surface area contributed by atoms with Gasteiger partial charge in [-0.3, -0.25) is 0 Å². The molecule has 0 spiro atoms. The molecule has 0 unspecified atom stereocenters. The first-order valence-corrected chi connectivity index (χ1v) is 6.10. The number of hydrogen-bond acceptors (Lipinski definition) is 1. The Labute approximate surface area is 109 Å². The van der Waals surface area contributed by atoms with Crippen molar-refractivity contribution in [1.82, 2.24) is 0 Å². The molecule has 1 aromatic rings. The molecule has 18 heavy (non-hydrogen) atoms. The van der Waals surface area contributed by atoms with Crippen molar-refractivity contribution in [3.63, 3.8) is 0 Å². The smallest absolute Gasteiger partial charge is 0.110 e. The zero-order valence-electron chi connectivity index (χ0n) is 11.1. The summed E-state index contributed by atoms with van der Waals surface area (Å²) in [7, 11) is 0. The second-order valence-corrected chi connectivity index (χ2v) is 5.16. The molecule has 1 aliphatic carbocycles. The number of hydrogen-bond donors (Lipinski definition) is 1. The van der Waals surface area contributed by atoms with Crippen molar-refractivity contribution in [3.8, 4) is 0 Å². The fraction of sp³-hybridized carbons (Fsp3) is 0.400. The molecule has 0 aromatic heterocycles. The molecule has 0 radical (unpaired) electrons. The van der Waals surface area contributed by atoms with E-state index in [2.05, 4.69) is 49.7 Å². The highest BCUT2D eigenvalue weighted by Crippen LogP contribution is 2.48. The normalized spacial score (nSPS) is 27.0. The minimum Gasteiger partial charge on any atom is -0.412 e. The van der Waals surface area contributed by atoms with E-state index in [-0.39, 0.29) is 10.9 Å². The van der Waals surface area contributed by atoms with E-state index in [1.165, 1.54) is 17.3 Å². The third-order valence-corrected chi connectivity index (χ3v) is 3.69. The molecule has 0 atom stereocenters.